The maximum atomic E-state index is 10.7. The molecular weight excluding hydrogens is 184 g/mol. The van der Waals surface area contributed by atoms with Crippen LogP contribution >= 0.6 is 11.8 Å². The number of hydrogen-bond acceptors (Lipinski definition) is 2. The van der Waals surface area contributed by atoms with Crippen LogP contribution in [0.3, 0.4) is 0 Å². The van der Waals surface area contributed by atoms with Crippen LogP contribution in [0.4, 0.5) is 0 Å². The average Bonchev–Trinajstić information content (AvgIpc) is 2.17. The predicted octanol–water partition coefficient (Wildman–Crippen LogP) is 2.50. The van der Waals surface area contributed by atoms with E-state index in [1.165, 1.54) is 0 Å². The third-order valence-electron chi connectivity index (χ3n) is 1.89. The number of carbonyl (C=O) groups is 1. The molecule has 66 valence electrons. The molecule has 1 aliphatic rings. The SMILES string of the molecule is O=C(O)c1ccc2c(c1)C=CCS2. The van der Waals surface area contributed by atoms with E-state index in [-0.39, 0.29) is 0 Å². The Kier molecular flexibility index (Phi) is 2.10. The monoisotopic (exact) mass is 192 g/mol. The van der Waals surface area contributed by atoms with Gasteiger partial charge in [0.25, 0.3) is 0 Å². The van der Waals surface area contributed by atoms with Crippen LogP contribution in [0.1, 0.15) is 15.9 Å². The van der Waals surface area contributed by atoms with Gasteiger partial charge >= 0.3 is 5.97 Å². The van der Waals surface area contributed by atoms with Crippen molar-refractivity contribution in [2.75, 3.05) is 5.75 Å². The molecule has 0 atom stereocenters. The van der Waals surface area contributed by atoms with Crippen molar-refractivity contribution in [3.63, 3.8) is 0 Å². The van der Waals surface area contributed by atoms with E-state index in [1.807, 2.05) is 18.2 Å². The van der Waals surface area contributed by atoms with Crippen LogP contribution in [0.25, 0.3) is 6.08 Å². The second-order valence-electron chi connectivity index (χ2n) is 2.77. The van der Waals surface area contributed by atoms with Gasteiger partial charge in [0.15, 0.2) is 0 Å². The summed E-state index contributed by atoms with van der Waals surface area (Å²) in [6, 6.07) is 5.22. The molecule has 0 saturated heterocycles. The molecule has 0 bridgehead atoms. The van der Waals surface area contributed by atoms with Crippen LogP contribution in [0.5, 0.6) is 0 Å². The molecule has 2 rings (SSSR count). The van der Waals surface area contributed by atoms with Crippen molar-refractivity contribution in [3.8, 4) is 0 Å². The average molecular weight is 192 g/mol. The fraction of sp³-hybridized carbons (Fsp3) is 0.100. The van der Waals surface area contributed by atoms with Gasteiger partial charge in [0, 0.05) is 10.6 Å². The molecule has 1 aromatic carbocycles. The van der Waals surface area contributed by atoms with Crippen molar-refractivity contribution >= 4 is 23.8 Å². The summed E-state index contributed by atoms with van der Waals surface area (Å²) in [5.74, 6) is 0.103. The Morgan fingerprint density at radius 1 is 1.46 bits per heavy atom. The van der Waals surface area contributed by atoms with Gasteiger partial charge in [-0.2, -0.15) is 0 Å². The Labute approximate surface area is 80.3 Å². The number of carboxylic acids is 1. The van der Waals surface area contributed by atoms with Crippen LogP contribution in [0, 0.1) is 0 Å². The summed E-state index contributed by atoms with van der Waals surface area (Å²) in [6.45, 7) is 0. The molecular formula is C10H8O2S. The molecule has 0 fully saturated rings. The van der Waals surface area contributed by atoms with E-state index in [4.69, 9.17) is 5.11 Å². The highest BCUT2D eigenvalue weighted by molar-refractivity contribution is 7.99. The first-order valence-electron chi connectivity index (χ1n) is 3.94. The minimum absolute atomic E-state index is 0.353. The molecule has 2 nitrogen and oxygen atoms in total. The number of benzene rings is 1. The molecule has 0 aromatic heterocycles. The van der Waals surface area contributed by atoms with Gasteiger partial charge in [-0.1, -0.05) is 12.2 Å². The molecule has 0 radical (unpaired) electrons. The Hall–Kier alpha value is -1.22. The second-order valence-corrected chi connectivity index (χ2v) is 3.83. The zero-order valence-electron chi connectivity index (χ0n) is 6.86. The fourth-order valence-corrected chi connectivity index (χ4v) is 2.09. The van der Waals surface area contributed by atoms with Crippen LogP contribution in [0.15, 0.2) is 29.2 Å². The van der Waals surface area contributed by atoms with Gasteiger partial charge in [0.1, 0.15) is 0 Å². The Bertz CT molecular complexity index is 383. The number of fused-ring (bicyclic) bond motifs is 1. The summed E-state index contributed by atoms with van der Waals surface area (Å²) in [5.41, 5.74) is 1.36. The quantitative estimate of drug-likeness (QED) is 0.742. The summed E-state index contributed by atoms with van der Waals surface area (Å²) in [7, 11) is 0. The number of aromatic carboxylic acids is 1. The molecule has 1 heterocycles. The molecule has 1 aliphatic heterocycles. The van der Waals surface area contributed by atoms with E-state index >= 15 is 0 Å². The zero-order chi connectivity index (χ0) is 9.26. The normalized spacial score (nSPS) is 13.8. The van der Waals surface area contributed by atoms with Crippen molar-refractivity contribution in [3.05, 3.63) is 35.4 Å². The Balaban J connectivity index is 2.48. The smallest absolute Gasteiger partial charge is 0.335 e. The van der Waals surface area contributed by atoms with Crippen molar-refractivity contribution in [2.45, 2.75) is 4.90 Å². The summed E-state index contributed by atoms with van der Waals surface area (Å²) in [5, 5.41) is 8.76. The van der Waals surface area contributed by atoms with Crippen LogP contribution in [-0.4, -0.2) is 16.8 Å². The van der Waals surface area contributed by atoms with Crippen molar-refractivity contribution in [1.29, 1.82) is 0 Å². The lowest BCUT2D eigenvalue weighted by Crippen LogP contribution is -1.98. The Morgan fingerprint density at radius 3 is 3.08 bits per heavy atom. The molecule has 13 heavy (non-hydrogen) atoms. The van der Waals surface area contributed by atoms with Crippen LogP contribution in [0.2, 0.25) is 0 Å². The summed E-state index contributed by atoms with van der Waals surface area (Å²) >= 11 is 1.73. The van der Waals surface area contributed by atoms with E-state index < -0.39 is 5.97 Å². The standard InChI is InChI=1S/C10H8O2S/c11-10(12)8-3-4-9-7(6-8)2-1-5-13-9/h1-4,6H,5H2,(H,11,12). The Morgan fingerprint density at radius 2 is 2.31 bits per heavy atom. The maximum absolute atomic E-state index is 10.7. The third-order valence-corrected chi connectivity index (χ3v) is 2.93. The summed E-state index contributed by atoms with van der Waals surface area (Å²) in [6.07, 6.45) is 4.01. The molecule has 3 heteroatoms. The topological polar surface area (TPSA) is 37.3 Å². The zero-order valence-corrected chi connectivity index (χ0v) is 7.67. The van der Waals surface area contributed by atoms with E-state index in [9.17, 15) is 4.79 Å². The highest BCUT2D eigenvalue weighted by atomic mass is 32.2. The van der Waals surface area contributed by atoms with Gasteiger partial charge in [0.2, 0.25) is 0 Å². The maximum Gasteiger partial charge on any atom is 0.335 e. The van der Waals surface area contributed by atoms with Gasteiger partial charge in [-0.3, -0.25) is 0 Å². The van der Waals surface area contributed by atoms with Crippen LogP contribution < -0.4 is 0 Å². The second kappa shape index (κ2) is 3.26. The highest BCUT2D eigenvalue weighted by Crippen LogP contribution is 2.28. The highest BCUT2D eigenvalue weighted by Gasteiger charge is 2.08. The van der Waals surface area contributed by atoms with Gasteiger partial charge in [-0.25, -0.2) is 4.79 Å². The van der Waals surface area contributed by atoms with Crippen LogP contribution in [-0.2, 0) is 0 Å². The fourth-order valence-electron chi connectivity index (χ4n) is 1.26. The molecule has 0 aliphatic carbocycles. The summed E-state index contributed by atoms with van der Waals surface area (Å²) < 4.78 is 0. The van der Waals surface area contributed by atoms with E-state index in [0.29, 0.717) is 5.56 Å². The predicted molar refractivity (Wildman–Crippen MR) is 53.2 cm³/mol. The van der Waals surface area contributed by atoms with Crippen molar-refractivity contribution in [1.82, 2.24) is 0 Å². The molecule has 1 aromatic rings. The lowest BCUT2D eigenvalue weighted by atomic mass is 10.1. The van der Waals surface area contributed by atoms with E-state index in [0.717, 1.165) is 16.2 Å². The third kappa shape index (κ3) is 1.60. The molecule has 0 unspecified atom stereocenters. The summed E-state index contributed by atoms with van der Waals surface area (Å²) in [4.78, 5) is 11.8. The van der Waals surface area contributed by atoms with Crippen molar-refractivity contribution in [2.24, 2.45) is 0 Å². The first-order chi connectivity index (χ1) is 6.27. The molecule has 0 spiro atoms. The van der Waals surface area contributed by atoms with Gasteiger partial charge in [-0.15, -0.1) is 11.8 Å². The lowest BCUT2D eigenvalue weighted by molar-refractivity contribution is 0.0697. The number of hydrogen-bond donors (Lipinski definition) is 1. The molecule has 0 amide bonds. The van der Waals surface area contributed by atoms with E-state index in [2.05, 4.69) is 0 Å². The largest absolute Gasteiger partial charge is 0.478 e. The molecule has 0 saturated carbocycles. The number of rotatable bonds is 1. The van der Waals surface area contributed by atoms with Gasteiger partial charge < -0.3 is 5.11 Å². The minimum atomic E-state index is -0.869. The first-order valence-corrected chi connectivity index (χ1v) is 4.92. The van der Waals surface area contributed by atoms with Gasteiger partial charge in [0.05, 0.1) is 5.56 Å². The number of thioether (sulfide) groups is 1. The first kappa shape index (κ1) is 8.38. The minimum Gasteiger partial charge on any atom is -0.478 e. The van der Waals surface area contributed by atoms with E-state index in [1.54, 1.807) is 23.9 Å². The lowest BCUT2D eigenvalue weighted by Gasteiger charge is -2.09. The van der Waals surface area contributed by atoms with Gasteiger partial charge in [-0.05, 0) is 23.8 Å². The molecule has 1 N–H and O–H groups in total. The number of carboxylic acid groups (broad SMARTS) is 1. The van der Waals surface area contributed by atoms with Crippen molar-refractivity contribution < 1.29 is 9.90 Å².